The molecule has 0 atom stereocenters. The predicted octanol–water partition coefficient (Wildman–Crippen LogP) is 3.93. The summed E-state index contributed by atoms with van der Waals surface area (Å²) in [6.45, 7) is 4.11. The topological polar surface area (TPSA) is 62.3 Å². The maximum Gasteiger partial charge on any atom is 0.317 e. The predicted molar refractivity (Wildman–Crippen MR) is 104 cm³/mol. The fraction of sp³-hybridized carbons (Fsp3) is 0.150. The quantitative estimate of drug-likeness (QED) is 0.713. The molecule has 0 radical (unpaired) electrons. The molecule has 1 aromatic heterocycles. The van der Waals surface area contributed by atoms with E-state index in [9.17, 15) is 9.59 Å². The molecule has 0 fully saturated rings. The maximum absolute atomic E-state index is 12.8. The van der Waals surface area contributed by atoms with Crippen LogP contribution in [0.5, 0.6) is 0 Å². The molecule has 0 aliphatic rings. The van der Waals surface area contributed by atoms with Gasteiger partial charge in [-0.05, 0) is 31.5 Å². The Labute approximate surface area is 156 Å². The van der Waals surface area contributed by atoms with Crippen LogP contribution in [0.15, 0.2) is 60.7 Å². The average molecular weight is 365 g/mol. The molecule has 0 saturated carbocycles. The molecule has 0 saturated heterocycles. The number of hydrogen-bond donors (Lipinski definition) is 1. The van der Waals surface area contributed by atoms with Crippen LogP contribution in [-0.2, 0) is 16.1 Å². The summed E-state index contributed by atoms with van der Waals surface area (Å²) in [6, 6.07) is 18.8. The van der Waals surface area contributed by atoms with Crippen molar-refractivity contribution >= 4 is 34.0 Å². The number of carbonyl (C=O) groups excluding carboxylic acids is 2. The monoisotopic (exact) mass is 365 g/mol. The van der Waals surface area contributed by atoms with Crippen LogP contribution in [0, 0.1) is 13.8 Å². The van der Waals surface area contributed by atoms with Gasteiger partial charge in [-0.1, -0.05) is 48.5 Å². The van der Waals surface area contributed by atoms with Gasteiger partial charge in [0.2, 0.25) is 0 Å². The van der Waals surface area contributed by atoms with Gasteiger partial charge < -0.3 is 0 Å². The second-order valence-corrected chi connectivity index (χ2v) is 7.03. The van der Waals surface area contributed by atoms with E-state index in [0.717, 1.165) is 16.1 Å². The zero-order valence-corrected chi connectivity index (χ0v) is 15.4. The zero-order chi connectivity index (χ0) is 18.5. The lowest BCUT2D eigenvalue weighted by atomic mass is 10.2. The Morgan fingerprint density at radius 1 is 1.00 bits per heavy atom. The molecular formula is C20H19N3O2S. The Balaban J connectivity index is 1.83. The maximum atomic E-state index is 12.8. The highest BCUT2D eigenvalue weighted by molar-refractivity contribution is 7.15. The van der Waals surface area contributed by atoms with Gasteiger partial charge >= 0.3 is 11.8 Å². The SMILES string of the molecule is Cc1nc(NC(=O)C(=O)N(Cc2ccccc2)c2ccccc2)sc1C. The lowest BCUT2D eigenvalue weighted by Crippen LogP contribution is -2.39. The Morgan fingerprint density at radius 3 is 2.19 bits per heavy atom. The van der Waals surface area contributed by atoms with Crippen LogP contribution in [0.25, 0.3) is 0 Å². The molecule has 3 rings (SSSR count). The van der Waals surface area contributed by atoms with Gasteiger partial charge in [0, 0.05) is 10.6 Å². The molecular weight excluding hydrogens is 346 g/mol. The van der Waals surface area contributed by atoms with Crippen LogP contribution in [0.1, 0.15) is 16.1 Å². The van der Waals surface area contributed by atoms with Gasteiger partial charge in [-0.25, -0.2) is 4.98 Å². The number of anilines is 2. The Hall–Kier alpha value is -2.99. The molecule has 0 aliphatic carbocycles. The number of nitrogens with one attached hydrogen (secondary N) is 1. The first-order valence-corrected chi connectivity index (χ1v) is 9.02. The van der Waals surface area contributed by atoms with Crippen LogP contribution in [0.2, 0.25) is 0 Å². The van der Waals surface area contributed by atoms with Gasteiger partial charge in [-0.15, -0.1) is 11.3 Å². The number of para-hydroxylation sites is 1. The van der Waals surface area contributed by atoms with Crippen LogP contribution in [0.3, 0.4) is 0 Å². The Bertz CT molecular complexity index is 888. The van der Waals surface area contributed by atoms with Crippen LogP contribution >= 0.6 is 11.3 Å². The minimum atomic E-state index is -0.696. The summed E-state index contributed by atoms with van der Waals surface area (Å²) in [7, 11) is 0. The minimum absolute atomic E-state index is 0.313. The van der Waals surface area contributed by atoms with E-state index in [1.165, 1.54) is 16.2 Å². The third-order valence-electron chi connectivity index (χ3n) is 3.94. The highest BCUT2D eigenvalue weighted by atomic mass is 32.1. The van der Waals surface area contributed by atoms with Crippen molar-refractivity contribution in [2.45, 2.75) is 20.4 Å². The standard InChI is InChI=1S/C20H19N3O2S/c1-14-15(2)26-20(21-14)22-18(24)19(25)23(17-11-7-4-8-12-17)13-16-9-5-3-6-10-16/h3-12H,13H2,1-2H3,(H,21,22,24). The molecule has 1 heterocycles. The first-order chi connectivity index (χ1) is 12.5. The molecule has 0 unspecified atom stereocenters. The highest BCUT2D eigenvalue weighted by Gasteiger charge is 2.24. The van der Waals surface area contributed by atoms with E-state index in [-0.39, 0.29) is 0 Å². The van der Waals surface area contributed by atoms with Crippen molar-refractivity contribution in [3.63, 3.8) is 0 Å². The van der Waals surface area contributed by atoms with Gasteiger partial charge in [0.25, 0.3) is 0 Å². The zero-order valence-electron chi connectivity index (χ0n) is 14.6. The number of carbonyl (C=O) groups is 2. The van der Waals surface area contributed by atoms with E-state index >= 15 is 0 Å². The molecule has 2 aromatic carbocycles. The average Bonchev–Trinajstić information content (AvgIpc) is 2.98. The molecule has 0 aliphatic heterocycles. The van der Waals surface area contributed by atoms with Gasteiger partial charge in [0.05, 0.1) is 12.2 Å². The molecule has 6 heteroatoms. The number of nitrogens with zero attached hydrogens (tertiary/aromatic N) is 2. The van der Waals surface area contributed by atoms with Crippen molar-refractivity contribution in [2.24, 2.45) is 0 Å². The van der Waals surface area contributed by atoms with E-state index in [4.69, 9.17) is 0 Å². The first-order valence-electron chi connectivity index (χ1n) is 8.20. The fourth-order valence-electron chi connectivity index (χ4n) is 2.45. The van der Waals surface area contributed by atoms with Crippen molar-refractivity contribution in [1.29, 1.82) is 0 Å². The highest BCUT2D eigenvalue weighted by Crippen LogP contribution is 2.22. The summed E-state index contributed by atoms with van der Waals surface area (Å²) in [5.74, 6) is -1.32. The largest absolute Gasteiger partial charge is 0.317 e. The van der Waals surface area contributed by atoms with Crippen LogP contribution in [0.4, 0.5) is 10.8 Å². The van der Waals surface area contributed by atoms with E-state index in [1.807, 2.05) is 74.5 Å². The van der Waals surface area contributed by atoms with Crippen LogP contribution < -0.4 is 10.2 Å². The minimum Gasteiger partial charge on any atom is -0.300 e. The van der Waals surface area contributed by atoms with Crippen molar-refractivity contribution in [3.05, 3.63) is 76.8 Å². The molecule has 2 amide bonds. The van der Waals surface area contributed by atoms with Crippen molar-refractivity contribution < 1.29 is 9.59 Å². The van der Waals surface area contributed by atoms with E-state index in [0.29, 0.717) is 17.4 Å². The number of thiazole rings is 1. The van der Waals surface area contributed by atoms with Crippen molar-refractivity contribution in [3.8, 4) is 0 Å². The summed E-state index contributed by atoms with van der Waals surface area (Å²) < 4.78 is 0. The Morgan fingerprint density at radius 2 is 1.62 bits per heavy atom. The number of benzene rings is 2. The molecule has 0 spiro atoms. The molecule has 0 bridgehead atoms. The molecule has 5 nitrogen and oxygen atoms in total. The number of amides is 2. The van der Waals surface area contributed by atoms with Gasteiger partial charge in [-0.2, -0.15) is 0 Å². The van der Waals surface area contributed by atoms with Crippen molar-refractivity contribution in [2.75, 3.05) is 10.2 Å². The van der Waals surface area contributed by atoms with E-state index < -0.39 is 11.8 Å². The third kappa shape index (κ3) is 4.15. The smallest absolute Gasteiger partial charge is 0.300 e. The summed E-state index contributed by atoms with van der Waals surface area (Å²) in [5.41, 5.74) is 2.46. The number of aryl methyl sites for hydroxylation is 2. The molecule has 1 N–H and O–H groups in total. The fourth-order valence-corrected chi connectivity index (χ4v) is 3.26. The number of aromatic nitrogens is 1. The van der Waals surface area contributed by atoms with Crippen LogP contribution in [-0.4, -0.2) is 16.8 Å². The molecule has 132 valence electrons. The number of hydrogen-bond acceptors (Lipinski definition) is 4. The molecule has 3 aromatic rings. The molecule has 26 heavy (non-hydrogen) atoms. The lowest BCUT2D eigenvalue weighted by Gasteiger charge is -2.22. The summed E-state index contributed by atoms with van der Waals surface area (Å²) >= 11 is 1.36. The van der Waals surface area contributed by atoms with Gasteiger partial charge in [-0.3, -0.25) is 19.8 Å². The number of rotatable bonds is 4. The lowest BCUT2D eigenvalue weighted by molar-refractivity contribution is -0.134. The second kappa shape index (κ2) is 7.93. The van der Waals surface area contributed by atoms with E-state index in [1.54, 1.807) is 0 Å². The summed E-state index contributed by atoms with van der Waals surface area (Å²) in [5, 5.41) is 3.05. The first kappa shape index (κ1) is 17.8. The third-order valence-corrected chi connectivity index (χ3v) is 4.93. The summed E-state index contributed by atoms with van der Waals surface area (Å²) in [4.78, 5) is 32.1. The second-order valence-electron chi connectivity index (χ2n) is 5.83. The van der Waals surface area contributed by atoms with Gasteiger partial charge in [0.1, 0.15) is 0 Å². The Kier molecular flexibility index (Phi) is 5.43. The van der Waals surface area contributed by atoms with Gasteiger partial charge in [0.15, 0.2) is 5.13 Å². The van der Waals surface area contributed by atoms with E-state index in [2.05, 4.69) is 10.3 Å². The van der Waals surface area contributed by atoms with Crippen molar-refractivity contribution in [1.82, 2.24) is 4.98 Å². The summed E-state index contributed by atoms with van der Waals surface area (Å²) in [6.07, 6.45) is 0. The normalized spacial score (nSPS) is 10.4.